The lowest BCUT2D eigenvalue weighted by molar-refractivity contribution is 0.0954. The van der Waals surface area contributed by atoms with Gasteiger partial charge in [0.15, 0.2) is 11.5 Å². The van der Waals surface area contributed by atoms with Gasteiger partial charge in [0, 0.05) is 11.8 Å². The highest BCUT2D eigenvalue weighted by Crippen LogP contribution is 2.38. The lowest BCUT2D eigenvalue weighted by Gasteiger charge is -2.20. The standard InChI is InChI=1S/C15H20N2O4/c1-19-12-7-11(8-13(20-2)14(12)21-3)15(18)17-16-9-10-5-4-6-10/h7-10H,4-6H2,1-3H3,(H,17,18)/b16-9+. The summed E-state index contributed by atoms with van der Waals surface area (Å²) in [5, 5.41) is 3.99. The number of carbonyl (C=O) groups is 1. The molecule has 6 heteroatoms. The van der Waals surface area contributed by atoms with Gasteiger partial charge < -0.3 is 14.2 Å². The van der Waals surface area contributed by atoms with Crippen LogP contribution in [-0.4, -0.2) is 33.5 Å². The molecule has 6 nitrogen and oxygen atoms in total. The first-order chi connectivity index (χ1) is 10.2. The minimum Gasteiger partial charge on any atom is -0.493 e. The molecule has 1 fully saturated rings. The Balaban J connectivity index is 2.14. The Morgan fingerprint density at radius 3 is 2.24 bits per heavy atom. The summed E-state index contributed by atoms with van der Waals surface area (Å²) in [6.45, 7) is 0. The van der Waals surface area contributed by atoms with Gasteiger partial charge in [-0.2, -0.15) is 5.10 Å². The number of hydrogen-bond acceptors (Lipinski definition) is 5. The minimum absolute atomic E-state index is 0.315. The summed E-state index contributed by atoms with van der Waals surface area (Å²) in [7, 11) is 4.53. The highest BCUT2D eigenvalue weighted by Gasteiger charge is 2.17. The van der Waals surface area contributed by atoms with Crippen LogP contribution in [0.15, 0.2) is 17.2 Å². The predicted molar refractivity (Wildman–Crippen MR) is 79.4 cm³/mol. The van der Waals surface area contributed by atoms with E-state index in [4.69, 9.17) is 14.2 Å². The number of rotatable bonds is 6. The van der Waals surface area contributed by atoms with Crippen molar-refractivity contribution < 1.29 is 19.0 Å². The molecule has 0 radical (unpaired) electrons. The highest BCUT2D eigenvalue weighted by molar-refractivity contribution is 5.95. The quantitative estimate of drug-likeness (QED) is 0.645. The summed E-state index contributed by atoms with van der Waals surface area (Å²) < 4.78 is 15.6. The van der Waals surface area contributed by atoms with E-state index in [0.29, 0.717) is 28.7 Å². The molecule has 1 N–H and O–H groups in total. The van der Waals surface area contributed by atoms with Gasteiger partial charge in [-0.05, 0) is 30.9 Å². The van der Waals surface area contributed by atoms with Crippen LogP contribution in [0, 0.1) is 5.92 Å². The fourth-order valence-corrected chi connectivity index (χ4v) is 2.07. The number of hydrazone groups is 1. The van der Waals surface area contributed by atoms with Crippen LogP contribution in [0.3, 0.4) is 0 Å². The van der Waals surface area contributed by atoms with Crippen molar-refractivity contribution in [2.24, 2.45) is 11.0 Å². The summed E-state index contributed by atoms with van der Waals surface area (Å²) in [6.07, 6.45) is 5.31. The molecule has 1 aliphatic carbocycles. The van der Waals surface area contributed by atoms with Crippen LogP contribution < -0.4 is 19.6 Å². The lowest BCUT2D eigenvalue weighted by Crippen LogP contribution is -2.20. The molecule has 1 aromatic carbocycles. The van der Waals surface area contributed by atoms with E-state index in [0.717, 1.165) is 12.8 Å². The Morgan fingerprint density at radius 2 is 1.81 bits per heavy atom. The van der Waals surface area contributed by atoms with Crippen LogP contribution in [0.5, 0.6) is 17.2 Å². The largest absolute Gasteiger partial charge is 0.493 e. The molecule has 0 heterocycles. The SMILES string of the molecule is COc1cc(C(=O)N/N=C/C2CCC2)cc(OC)c1OC. The van der Waals surface area contributed by atoms with Gasteiger partial charge in [0.2, 0.25) is 5.75 Å². The minimum atomic E-state index is -0.315. The Morgan fingerprint density at radius 1 is 1.19 bits per heavy atom. The van der Waals surface area contributed by atoms with Crippen molar-refractivity contribution in [1.82, 2.24) is 5.43 Å². The number of nitrogens with zero attached hydrogens (tertiary/aromatic N) is 1. The number of carbonyl (C=O) groups excluding carboxylic acids is 1. The topological polar surface area (TPSA) is 69.2 Å². The van der Waals surface area contributed by atoms with Gasteiger partial charge in [-0.3, -0.25) is 4.79 Å². The number of benzene rings is 1. The van der Waals surface area contributed by atoms with Crippen LogP contribution in [-0.2, 0) is 0 Å². The second kappa shape index (κ2) is 6.97. The van der Waals surface area contributed by atoms with Crippen LogP contribution in [0.25, 0.3) is 0 Å². The molecular formula is C15H20N2O4. The Kier molecular flexibility index (Phi) is 5.03. The number of methoxy groups -OCH3 is 3. The second-order valence-corrected chi connectivity index (χ2v) is 4.82. The Labute approximate surface area is 124 Å². The Hall–Kier alpha value is -2.24. The lowest BCUT2D eigenvalue weighted by atomic mass is 9.87. The van der Waals surface area contributed by atoms with Crippen molar-refractivity contribution in [2.75, 3.05) is 21.3 Å². The smallest absolute Gasteiger partial charge is 0.271 e. The average molecular weight is 292 g/mol. The molecule has 21 heavy (non-hydrogen) atoms. The van der Waals surface area contributed by atoms with E-state index in [-0.39, 0.29) is 5.91 Å². The third-order valence-electron chi connectivity index (χ3n) is 3.53. The van der Waals surface area contributed by atoms with E-state index in [1.54, 1.807) is 18.3 Å². The monoisotopic (exact) mass is 292 g/mol. The zero-order valence-corrected chi connectivity index (χ0v) is 12.5. The number of nitrogens with one attached hydrogen (secondary N) is 1. The number of amides is 1. The van der Waals surface area contributed by atoms with Gasteiger partial charge in [0.25, 0.3) is 5.91 Å². The van der Waals surface area contributed by atoms with E-state index in [1.165, 1.54) is 27.8 Å². The summed E-state index contributed by atoms with van der Waals surface area (Å²) in [5.41, 5.74) is 2.92. The van der Waals surface area contributed by atoms with Gasteiger partial charge in [0.05, 0.1) is 21.3 Å². The van der Waals surface area contributed by atoms with E-state index < -0.39 is 0 Å². The van der Waals surface area contributed by atoms with Crippen LogP contribution >= 0.6 is 0 Å². The van der Waals surface area contributed by atoms with Crippen molar-refractivity contribution in [1.29, 1.82) is 0 Å². The third-order valence-corrected chi connectivity index (χ3v) is 3.53. The van der Waals surface area contributed by atoms with E-state index >= 15 is 0 Å². The molecule has 0 unspecified atom stereocenters. The van der Waals surface area contributed by atoms with Crippen LogP contribution in [0.2, 0.25) is 0 Å². The zero-order valence-electron chi connectivity index (χ0n) is 12.5. The van der Waals surface area contributed by atoms with E-state index in [9.17, 15) is 4.79 Å². The molecule has 1 saturated carbocycles. The molecule has 1 aliphatic rings. The molecule has 2 rings (SSSR count). The van der Waals surface area contributed by atoms with Gasteiger partial charge >= 0.3 is 0 Å². The van der Waals surface area contributed by atoms with Crippen LogP contribution in [0.4, 0.5) is 0 Å². The van der Waals surface area contributed by atoms with Gasteiger partial charge in [0.1, 0.15) is 0 Å². The number of ether oxygens (including phenoxy) is 3. The van der Waals surface area contributed by atoms with E-state index in [2.05, 4.69) is 10.5 Å². The van der Waals surface area contributed by atoms with E-state index in [1.807, 2.05) is 0 Å². The summed E-state index contributed by atoms with van der Waals surface area (Å²) in [6, 6.07) is 3.19. The Bertz CT molecular complexity index is 513. The molecule has 0 atom stereocenters. The average Bonchev–Trinajstić information content (AvgIpc) is 2.47. The highest BCUT2D eigenvalue weighted by atomic mass is 16.5. The summed E-state index contributed by atoms with van der Waals surface area (Å²) >= 11 is 0. The molecule has 0 spiro atoms. The van der Waals surface area contributed by atoms with Gasteiger partial charge in [-0.25, -0.2) is 5.43 Å². The molecule has 0 aliphatic heterocycles. The maximum atomic E-state index is 12.1. The third kappa shape index (κ3) is 3.45. The molecular weight excluding hydrogens is 272 g/mol. The van der Waals surface area contributed by atoms with Crippen molar-refractivity contribution in [3.8, 4) is 17.2 Å². The zero-order chi connectivity index (χ0) is 15.2. The number of hydrogen-bond donors (Lipinski definition) is 1. The molecule has 1 amide bonds. The maximum absolute atomic E-state index is 12.1. The van der Waals surface area contributed by atoms with Gasteiger partial charge in [-0.1, -0.05) is 6.42 Å². The molecule has 0 aromatic heterocycles. The van der Waals surface area contributed by atoms with Crippen molar-refractivity contribution in [3.63, 3.8) is 0 Å². The maximum Gasteiger partial charge on any atom is 0.271 e. The van der Waals surface area contributed by atoms with Crippen molar-refractivity contribution in [3.05, 3.63) is 17.7 Å². The molecule has 1 aromatic rings. The molecule has 0 saturated heterocycles. The van der Waals surface area contributed by atoms with Gasteiger partial charge in [-0.15, -0.1) is 0 Å². The summed E-state index contributed by atoms with van der Waals surface area (Å²) in [4.78, 5) is 12.1. The second-order valence-electron chi connectivity index (χ2n) is 4.82. The predicted octanol–water partition coefficient (Wildman–Crippen LogP) is 2.23. The van der Waals surface area contributed by atoms with Crippen molar-refractivity contribution in [2.45, 2.75) is 19.3 Å². The molecule has 0 bridgehead atoms. The van der Waals surface area contributed by atoms with Crippen LogP contribution in [0.1, 0.15) is 29.6 Å². The normalized spacial score (nSPS) is 14.6. The summed E-state index contributed by atoms with van der Waals surface area (Å²) in [5.74, 6) is 1.50. The molecule has 114 valence electrons. The first kappa shape index (κ1) is 15.2. The fourth-order valence-electron chi connectivity index (χ4n) is 2.07. The first-order valence-corrected chi connectivity index (χ1v) is 6.83. The van der Waals surface area contributed by atoms with Crippen molar-refractivity contribution >= 4 is 12.1 Å². The fraction of sp³-hybridized carbons (Fsp3) is 0.467. The first-order valence-electron chi connectivity index (χ1n) is 6.83.